The first-order valence-electron chi connectivity index (χ1n) is 9.02. The number of alkyl halides is 3. The molecule has 2 heterocycles. The molecule has 0 radical (unpaired) electrons. The summed E-state index contributed by atoms with van der Waals surface area (Å²) in [5, 5.41) is 17.3. The van der Waals surface area contributed by atoms with Gasteiger partial charge in [0.1, 0.15) is 9.75 Å². The van der Waals surface area contributed by atoms with E-state index in [0.29, 0.717) is 38.7 Å². The quantitative estimate of drug-likeness (QED) is 0.363. The van der Waals surface area contributed by atoms with Gasteiger partial charge in [-0.2, -0.15) is 18.3 Å². The number of hydrogen-bond donors (Lipinski definition) is 1. The Morgan fingerprint density at radius 1 is 1.23 bits per heavy atom. The molecule has 31 heavy (non-hydrogen) atoms. The number of nitrogens with zero attached hydrogens (tertiary/aromatic N) is 4. The molecule has 0 unspecified atom stereocenters. The van der Waals surface area contributed by atoms with Crippen LogP contribution in [0, 0.1) is 11.8 Å². The molecule has 3 aromatic rings. The number of carboxylic acid groups (broad SMARTS) is 1. The van der Waals surface area contributed by atoms with Gasteiger partial charge in [-0.25, -0.2) is 9.50 Å². The zero-order valence-electron chi connectivity index (χ0n) is 17.2. The van der Waals surface area contributed by atoms with Crippen LogP contribution in [0.2, 0.25) is 0 Å². The summed E-state index contributed by atoms with van der Waals surface area (Å²) in [5.74, 6) is -1.23. The predicted molar refractivity (Wildman–Crippen MR) is 112 cm³/mol. The number of aliphatic carboxylic acids is 1. The molecule has 0 spiro atoms. The Morgan fingerprint density at radius 2 is 1.87 bits per heavy atom. The second-order valence-corrected chi connectivity index (χ2v) is 10.5. The largest absolute Gasteiger partial charge is 0.480 e. The molecule has 0 aliphatic heterocycles. The van der Waals surface area contributed by atoms with E-state index >= 15 is 0 Å². The van der Waals surface area contributed by atoms with Crippen LogP contribution in [0.3, 0.4) is 0 Å². The average Bonchev–Trinajstić information content (AvgIpc) is 3.17. The number of hydrogen-bond acceptors (Lipinski definition) is 7. The number of nitroso groups, excluding NO2 is 1. The zero-order valence-corrected chi connectivity index (χ0v) is 18.9. The molecule has 166 valence electrons. The summed E-state index contributed by atoms with van der Waals surface area (Å²) in [6.07, 6.45) is -4.65. The maximum atomic E-state index is 13.6. The molecule has 7 nitrogen and oxygen atoms in total. The first-order valence-corrected chi connectivity index (χ1v) is 10.7. The number of halogens is 3. The number of carboxylic acids is 1. The van der Waals surface area contributed by atoms with Gasteiger partial charge in [0.25, 0.3) is 0 Å². The minimum Gasteiger partial charge on any atom is -0.480 e. The van der Waals surface area contributed by atoms with Gasteiger partial charge in [0.05, 0.1) is 17.0 Å². The first kappa shape index (κ1) is 23.2. The summed E-state index contributed by atoms with van der Waals surface area (Å²) in [6, 6.07) is 3.54. The van der Waals surface area contributed by atoms with Crippen molar-refractivity contribution in [2.45, 2.75) is 56.0 Å². The Kier molecular flexibility index (Phi) is 5.68. The topological polar surface area (TPSA) is 96.9 Å². The van der Waals surface area contributed by atoms with Gasteiger partial charge in [0.2, 0.25) is 4.96 Å². The molecule has 2 aromatic heterocycles. The molecule has 1 aromatic carbocycles. The van der Waals surface area contributed by atoms with Gasteiger partial charge < -0.3 is 5.11 Å². The summed E-state index contributed by atoms with van der Waals surface area (Å²) < 4.78 is 40.7. The highest BCUT2D eigenvalue weighted by Gasteiger charge is 2.38. The number of benzene rings is 1. The van der Waals surface area contributed by atoms with Gasteiger partial charge in [0, 0.05) is 10.5 Å². The van der Waals surface area contributed by atoms with E-state index in [-0.39, 0.29) is 4.90 Å². The Hall–Kier alpha value is -2.47. The van der Waals surface area contributed by atoms with Crippen LogP contribution in [0.1, 0.15) is 44.0 Å². The highest BCUT2D eigenvalue weighted by atomic mass is 32.2. The fourth-order valence-corrected chi connectivity index (χ4v) is 4.87. The summed E-state index contributed by atoms with van der Waals surface area (Å²) >= 11 is 1.79. The fourth-order valence-electron chi connectivity index (χ4n) is 2.77. The molecule has 1 N–H and O–H groups in total. The van der Waals surface area contributed by atoms with E-state index in [2.05, 4.69) is 15.3 Å². The highest BCUT2D eigenvalue weighted by molar-refractivity contribution is 8.01. The molecule has 0 saturated carbocycles. The van der Waals surface area contributed by atoms with Crippen molar-refractivity contribution < 1.29 is 23.1 Å². The number of aromatic nitrogens is 3. The van der Waals surface area contributed by atoms with Crippen LogP contribution < -0.4 is 0 Å². The fraction of sp³-hybridized carbons (Fsp3) is 0.421. The lowest BCUT2D eigenvalue weighted by Crippen LogP contribution is -2.27. The third kappa shape index (κ3) is 4.31. The molecule has 12 heteroatoms. The molecule has 3 rings (SSSR count). The van der Waals surface area contributed by atoms with E-state index in [1.165, 1.54) is 41.8 Å². The molecule has 0 atom stereocenters. The molecular formula is C19H19F3N4O3S2. The van der Waals surface area contributed by atoms with Crippen LogP contribution in [-0.2, 0) is 16.5 Å². The first-order chi connectivity index (χ1) is 14.2. The second kappa shape index (κ2) is 7.59. The minimum atomic E-state index is -4.65. The van der Waals surface area contributed by atoms with Gasteiger partial charge in [-0.05, 0) is 46.8 Å². The summed E-state index contributed by atoms with van der Waals surface area (Å²) in [4.78, 5) is 27.3. The number of imidazole rings is 1. The van der Waals surface area contributed by atoms with Crippen LogP contribution in [0.5, 0.6) is 0 Å². The van der Waals surface area contributed by atoms with Crippen molar-refractivity contribution in [2.75, 3.05) is 0 Å². The third-order valence-electron chi connectivity index (χ3n) is 4.57. The van der Waals surface area contributed by atoms with Gasteiger partial charge in [0.15, 0.2) is 5.54 Å². The Labute approximate surface area is 183 Å². The van der Waals surface area contributed by atoms with Crippen LogP contribution in [0.25, 0.3) is 16.2 Å². The average molecular weight is 473 g/mol. The van der Waals surface area contributed by atoms with Crippen molar-refractivity contribution >= 4 is 34.0 Å². The van der Waals surface area contributed by atoms with Crippen molar-refractivity contribution in [2.24, 2.45) is 5.18 Å². The summed E-state index contributed by atoms with van der Waals surface area (Å²) in [7, 11) is 0. The van der Waals surface area contributed by atoms with Gasteiger partial charge in [-0.1, -0.05) is 22.6 Å². The molecule has 0 fully saturated rings. The minimum absolute atomic E-state index is 0.211. The van der Waals surface area contributed by atoms with Crippen LogP contribution in [-0.4, -0.2) is 30.4 Å². The van der Waals surface area contributed by atoms with E-state index in [1.807, 2.05) is 0 Å². The maximum absolute atomic E-state index is 13.6. The predicted octanol–water partition coefficient (Wildman–Crippen LogP) is 5.74. The highest BCUT2D eigenvalue weighted by Crippen LogP contribution is 2.44. The number of carbonyl (C=O) groups is 1. The SMILES string of the molecule is Cc1nc2sc(C(C)(C)N=O)nn2c1-c1ccc(C(F)(F)F)c(SC(C)(C)C(=O)O)c1. The van der Waals surface area contributed by atoms with E-state index in [9.17, 15) is 28.0 Å². The lowest BCUT2D eigenvalue weighted by Gasteiger charge is -2.22. The third-order valence-corrected chi connectivity index (χ3v) is 7.03. The lowest BCUT2D eigenvalue weighted by atomic mass is 10.1. The number of fused-ring (bicyclic) bond motifs is 1. The van der Waals surface area contributed by atoms with Crippen molar-refractivity contribution in [1.29, 1.82) is 0 Å². The van der Waals surface area contributed by atoms with Crippen molar-refractivity contribution in [1.82, 2.24) is 14.6 Å². The zero-order chi connectivity index (χ0) is 23.4. The van der Waals surface area contributed by atoms with Crippen molar-refractivity contribution in [3.63, 3.8) is 0 Å². The van der Waals surface area contributed by atoms with Crippen LogP contribution in [0.4, 0.5) is 13.2 Å². The molecule has 0 bridgehead atoms. The standard InChI is InChI=1S/C19H19F3N4O3S2/c1-9-13(26-16(23-9)30-14(24-26)17(2,3)25-29)10-6-7-11(19(20,21)22)12(8-10)31-18(4,5)15(27)28/h6-8H,1-5H3,(H,27,28). The Morgan fingerprint density at radius 3 is 2.42 bits per heavy atom. The molecule has 0 amide bonds. The van der Waals surface area contributed by atoms with Crippen molar-refractivity contribution in [3.8, 4) is 11.3 Å². The Balaban J connectivity index is 2.20. The monoisotopic (exact) mass is 472 g/mol. The molecule has 0 saturated heterocycles. The summed E-state index contributed by atoms with van der Waals surface area (Å²) in [6.45, 7) is 7.59. The molecule has 0 aliphatic rings. The maximum Gasteiger partial charge on any atom is 0.417 e. The van der Waals surface area contributed by atoms with E-state index in [1.54, 1.807) is 20.8 Å². The van der Waals surface area contributed by atoms with E-state index in [0.717, 1.165) is 6.07 Å². The Bertz CT molecular complexity index is 1180. The van der Waals surface area contributed by atoms with E-state index in [4.69, 9.17) is 0 Å². The number of aryl methyl sites for hydroxylation is 1. The molecule has 0 aliphatic carbocycles. The molecular weight excluding hydrogens is 453 g/mol. The van der Waals surface area contributed by atoms with Gasteiger partial charge >= 0.3 is 12.1 Å². The van der Waals surface area contributed by atoms with Crippen molar-refractivity contribution in [3.05, 3.63) is 39.4 Å². The number of thioether (sulfide) groups is 1. The van der Waals surface area contributed by atoms with Crippen LogP contribution in [0.15, 0.2) is 28.3 Å². The van der Waals surface area contributed by atoms with Gasteiger partial charge in [-0.3, -0.25) is 4.79 Å². The number of rotatable bonds is 6. The smallest absolute Gasteiger partial charge is 0.417 e. The normalized spacial score (nSPS) is 13.0. The lowest BCUT2D eigenvalue weighted by molar-refractivity contribution is -0.141. The summed E-state index contributed by atoms with van der Waals surface area (Å²) in [5.41, 5.74) is -0.601. The van der Waals surface area contributed by atoms with Gasteiger partial charge in [-0.15, -0.1) is 16.7 Å². The van der Waals surface area contributed by atoms with Crippen LogP contribution >= 0.6 is 23.1 Å². The second-order valence-electron chi connectivity index (χ2n) is 7.92. The van der Waals surface area contributed by atoms with E-state index < -0.39 is 28.0 Å².